The van der Waals surface area contributed by atoms with E-state index in [0.717, 1.165) is 17.5 Å². The highest BCUT2D eigenvalue weighted by atomic mass is 35.5. The van der Waals surface area contributed by atoms with Crippen LogP contribution in [0.1, 0.15) is 44.9 Å². The highest BCUT2D eigenvalue weighted by molar-refractivity contribution is 6.31. The van der Waals surface area contributed by atoms with Crippen LogP contribution in [0.2, 0.25) is 5.02 Å². The third-order valence-corrected chi connectivity index (χ3v) is 5.12. The smallest absolute Gasteiger partial charge is 0.141 e. The van der Waals surface area contributed by atoms with Crippen molar-refractivity contribution in [1.82, 2.24) is 0 Å². The van der Waals surface area contributed by atoms with Gasteiger partial charge in [-0.25, -0.2) is 4.39 Å². The minimum atomic E-state index is -0.344. The third kappa shape index (κ3) is 3.05. The van der Waals surface area contributed by atoms with Gasteiger partial charge in [0.05, 0.1) is 5.02 Å². The molecule has 0 aliphatic heterocycles. The SMILES string of the molecule is Fc1ccc(NC2CCC3CCCCC3C2)cc1Cl. The van der Waals surface area contributed by atoms with Crippen LogP contribution < -0.4 is 5.32 Å². The molecule has 0 spiro atoms. The maximum atomic E-state index is 13.1. The highest BCUT2D eigenvalue weighted by Crippen LogP contribution is 2.41. The molecule has 2 aliphatic carbocycles. The Morgan fingerprint density at radius 2 is 1.84 bits per heavy atom. The molecule has 0 bridgehead atoms. The third-order valence-electron chi connectivity index (χ3n) is 4.83. The van der Waals surface area contributed by atoms with Gasteiger partial charge >= 0.3 is 0 Å². The summed E-state index contributed by atoms with van der Waals surface area (Å²) < 4.78 is 13.1. The monoisotopic (exact) mass is 281 g/mol. The molecule has 0 aromatic heterocycles. The average Bonchev–Trinajstić information content (AvgIpc) is 2.43. The van der Waals surface area contributed by atoms with Gasteiger partial charge in [-0.05, 0) is 49.3 Å². The standard InChI is InChI=1S/C16H21ClFN/c17-15-10-14(7-8-16(15)18)19-13-6-5-11-3-1-2-4-12(11)9-13/h7-8,10-13,19H,1-6,9H2. The lowest BCUT2D eigenvalue weighted by Crippen LogP contribution is -2.34. The minimum Gasteiger partial charge on any atom is -0.382 e. The molecule has 0 heterocycles. The van der Waals surface area contributed by atoms with Crippen LogP contribution in [0.4, 0.5) is 10.1 Å². The number of fused-ring (bicyclic) bond motifs is 1. The average molecular weight is 282 g/mol. The Morgan fingerprint density at radius 3 is 2.63 bits per heavy atom. The Labute approximate surface area is 119 Å². The van der Waals surface area contributed by atoms with Crippen molar-refractivity contribution in [3.05, 3.63) is 29.0 Å². The fraction of sp³-hybridized carbons (Fsp3) is 0.625. The first kappa shape index (κ1) is 13.2. The van der Waals surface area contributed by atoms with Crippen molar-refractivity contribution < 1.29 is 4.39 Å². The quantitative estimate of drug-likeness (QED) is 0.781. The highest BCUT2D eigenvalue weighted by Gasteiger charge is 2.31. The van der Waals surface area contributed by atoms with Crippen molar-refractivity contribution in [2.75, 3.05) is 5.32 Å². The summed E-state index contributed by atoms with van der Waals surface area (Å²) in [6.45, 7) is 0. The number of halogens is 2. The van der Waals surface area contributed by atoms with Gasteiger partial charge in [0.25, 0.3) is 0 Å². The van der Waals surface area contributed by atoms with Gasteiger partial charge in [-0.2, -0.15) is 0 Å². The topological polar surface area (TPSA) is 12.0 Å². The number of hydrogen-bond donors (Lipinski definition) is 1. The fourth-order valence-corrected chi connectivity index (χ4v) is 4.01. The molecule has 3 unspecified atom stereocenters. The largest absolute Gasteiger partial charge is 0.382 e. The van der Waals surface area contributed by atoms with E-state index in [4.69, 9.17) is 11.6 Å². The summed E-state index contributed by atoms with van der Waals surface area (Å²) in [6, 6.07) is 5.45. The van der Waals surface area contributed by atoms with Crippen LogP contribution in [0.3, 0.4) is 0 Å². The van der Waals surface area contributed by atoms with Crippen molar-refractivity contribution in [2.24, 2.45) is 11.8 Å². The molecule has 3 rings (SSSR count). The zero-order valence-electron chi connectivity index (χ0n) is 11.2. The van der Waals surface area contributed by atoms with Gasteiger partial charge in [-0.3, -0.25) is 0 Å². The van der Waals surface area contributed by atoms with Crippen LogP contribution in [0.15, 0.2) is 18.2 Å². The number of rotatable bonds is 2. The molecule has 1 nitrogen and oxygen atoms in total. The predicted molar refractivity (Wildman–Crippen MR) is 78.1 cm³/mol. The lowest BCUT2D eigenvalue weighted by atomic mass is 9.69. The molecule has 104 valence electrons. The maximum absolute atomic E-state index is 13.1. The fourth-order valence-electron chi connectivity index (χ4n) is 3.83. The van der Waals surface area contributed by atoms with Gasteiger partial charge in [0.15, 0.2) is 0 Å². The Hall–Kier alpha value is -0.760. The zero-order valence-corrected chi connectivity index (χ0v) is 11.9. The predicted octanol–water partition coefficient (Wildman–Crippen LogP) is 5.25. The van der Waals surface area contributed by atoms with Gasteiger partial charge in [0, 0.05) is 11.7 Å². The van der Waals surface area contributed by atoms with E-state index in [1.54, 1.807) is 12.1 Å². The number of benzene rings is 1. The molecule has 0 radical (unpaired) electrons. The van der Waals surface area contributed by atoms with Crippen LogP contribution in [0.25, 0.3) is 0 Å². The zero-order chi connectivity index (χ0) is 13.2. The Morgan fingerprint density at radius 1 is 1.05 bits per heavy atom. The van der Waals surface area contributed by atoms with Crippen molar-refractivity contribution in [3.63, 3.8) is 0 Å². The summed E-state index contributed by atoms with van der Waals surface area (Å²) in [5, 5.41) is 3.74. The molecule has 1 aromatic carbocycles. The molecular formula is C16H21ClFN. The second-order valence-corrected chi connectivity index (χ2v) is 6.50. The molecule has 2 fully saturated rings. The summed E-state index contributed by atoms with van der Waals surface area (Å²) in [5.41, 5.74) is 0.950. The Balaban J connectivity index is 1.62. The molecule has 0 amide bonds. The number of hydrogen-bond acceptors (Lipinski definition) is 1. The normalized spacial score (nSPS) is 30.7. The van der Waals surface area contributed by atoms with E-state index in [1.807, 2.05) is 0 Å². The molecule has 3 atom stereocenters. The first-order valence-electron chi connectivity index (χ1n) is 7.44. The maximum Gasteiger partial charge on any atom is 0.141 e. The summed E-state index contributed by atoms with van der Waals surface area (Å²) in [6.07, 6.45) is 9.49. The summed E-state index contributed by atoms with van der Waals surface area (Å²) in [5.74, 6) is 1.52. The van der Waals surface area contributed by atoms with Crippen LogP contribution in [0.5, 0.6) is 0 Å². The summed E-state index contributed by atoms with van der Waals surface area (Å²) in [4.78, 5) is 0. The van der Waals surface area contributed by atoms with Gasteiger partial charge in [0.2, 0.25) is 0 Å². The van der Waals surface area contributed by atoms with E-state index in [-0.39, 0.29) is 10.8 Å². The first-order chi connectivity index (χ1) is 9.22. The number of nitrogens with one attached hydrogen (secondary N) is 1. The van der Waals surface area contributed by atoms with E-state index < -0.39 is 0 Å². The van der Waals surface area contributed by atoms with E-state index in [9.17, 15) is 4.39 Å². The molecule has 19 heavy (non-hydrogen) atoms. The van der Waals surface area contributed by atoms with Crippen molar-refractivity contribution in [2.45, 2.75) is 51.0 Å². The lowest BCUT2D eigenvalue weighted by Gasteiger charge is -2.39. The van der Waals surface area contributed by atoms with Crippen LogP contribution in [-0.2, 0) is 0 Å². The molecule has 3 heteroatoms. The van der Waals surface area contributed by atoms with Gasteiger partial charge in [-0.1, -0.05) is 37.3 Å². The summed E-state index contributed by atoms with van der Waals surface area (Å²) in [7, 11) is 0. The van der Waals surface area contributed by atoms with Crippen LogP contribution >= 0.6 is 11.6 Å². The van der Waals surface area contributed by atoms with Gasteiger partial charge in [-0.15, -0.1) is 0 Å². The lowest BCUT2D eigenvalue weighted by molar-refractivity contribution is 0.162. The van der Waals surface area contributed by atoms with E-state index in [0.29, 0.717) is 6.04 Å². The molecule has 1 aromatic rings. The first-order valence-corrected chi connectivity index (χ1v) is 7.82. The van der Waals surface area contributed by atoms with E-state index in [2.05, 4.69) is 5.32 Å². The molecular weight excluding hydrogens is 261 g/mol. The van der Waals surface area contributed by atoms with Gasteiger partial charge in [0.1, 0.15) is 5.82 Å². The van der Waals surface area contributed by atoms with Crippen molar-refractivity contribution >= 4 is 17.3 Å². The summed E-state index contributed by atoms with van der Waals surface area (Å²) >= 11 is 5.83. The van der Waals surface area contributed by atoms with Crippen LogP contribution in [-0.4, -0.2) is 6.04 Å². The van der Waals surface area contributed by atoms with Crippen molar-refractivity contribution in [1.29, 1.82) is 0 Å². The van der Waals surface area contributed by atoms with Crippen LogP contribution in [0, 0.1) is 17.7 Å². The molecule has 0 saturated heterocycles. The Bertz CT molecular complexity index is 448. The molecule has 2 aliphatic rings. The van der Waals surface area contributed by atoms with Crippen molar-refractivity contribution in [3.8, 4) is 0 Å². The van der Waals surface area contributed by atoms with E-state index in [1.165, 1.54) is 51.0 Å². The Kier molecular flexibility index (Phi) is 3.97. The minimum absolute atomic E-state index is 0.205. The second-order valence-electron chi connectivity index (χ2n) is 6.09. The molecule has 2 saturated carbocycles. The molecule has 1 N–H and O–H groups in total. The van der Waals surface area contributed by atoms with E-state index >= 15 is 0 Å². The number of anilines is 1. The van der Waals surface area contributed by atoms with Gasteiger partial charge < -0.3 is 5.32 Å². The second kappa shape index (κ2) is 5.70.